The van der Waals surface area contributed by atoms with Gasteiger partial charge in [-0.1, -0.05) is 13.8 Å². The van der Waals surface area contributed by atoms with Gasteiger partial charge < -0.3 is 15.1 Å². The third-order valence-electron chi connectivity index (χ3n) is 4.11. The maximum atomic E-state index is 11.6. The molecule has 1 aliphatic rings. The lowest BCUT2D eigenvalue weighted by Crippen LogP contribution is -2.47. The average molecular weight is 298 g/mol. The van der Waals surface area contributed by atoms with Gasteiger partial charge in [0.2, 0.25) is 5.91 Å². The van der Waals surface area contributed by atoms with E-state index in [1.807, 2.05) is 4.90 Å². The van der Waals surface area contributed by atoms with Gasteiger partial charge >= 0.3 is 0 Å². The van der Waals surface area contributed by atoms with Gasteiger partial charge in [0.05, 0.1) is 0 Å². The molecule has 1 heterocycles. The van der Waals surface area contributed by atoms with Gasteiger partial charge in [-0.2, -0.15) is 0 Å². The Kier molecular flexibility index (Phi) is 9.63. The van der Waals surface area contributed by atoms with Crippen molar-refractivity contribution in [3.8, 4) is 0 Å². The second-order valence-electron chi connectivity index (χ2n) is 5.94. The van der Waals surface area contributed by atoms with E-state index in [0.29, 0.717) is 0 Å². The van der Waals surface area contributed by atoms with Gasteiger partial charge in [0, 0.05) is 65.8 Å². The summed E-state index contributed by atoms with van der Waals surface area (Å²) >= 11 is 0. The van der Waals surface area contributed by atoms with Crippen LogP contribution < -0.4 is 5.32 Å². The van der Waals surface area contributed by atoms with Crippen LogP contribution in [0, 0.1) is 0 Å². The normalized spacial score (nSPS) is 16.4. The van der Waals surface area contributed by atoms with Crippen molar-refractivity contribution in [3.05, 3.63) is 0 Å². The molecule has 5 nitrogen and oxygen atoms in total. The second kappa shape index (κ2) is 11.0. The number of amides is 1. The molecule has 0 aromatic carbocycles. The molecule has 21 heavy (non-hydrogen) atoms. The van der Waals surface area contributed by atoms with Gasteiger partial charge in [0.15, 0.2) is 0 Å². The number of hydrogen-bond acceptors (Lipinski definition) is 4. The standard InChI is InChI=1S/C16H34N4O/c1-4-8-18(12-13-19-10-6-17-7-11-19)14-15-20(9-5-2)16(3)21/h17H,4-15H2,1-3H3. The van der Waals surface area contributed by atoms with E-state index in [9.17, 15) is 4.79 Å². The fourth-order valence-electron chi connectivity index (χ4n) is 2.83. The molecule has 0 unspecified atom stereocenters. The summed E-state index contributed by atoms with van der Waals surface area (Å²) < 4.78 is 0. The minimum absolute atomic E-state index is 0.204. The fraction of sp³-hybridized carbons (Fsp3) is 0.938. The average Bonchev–Trinajstić information content (AvgIpc) is 2.49. The number of carbonyl (C=O) groups is 1. The van der Waals surface area contributed by atoms with Gasteiger partial charge in [-0.15, -0.1) is 0 Å². The summed E-state index contributed by atoms with van der Waals surface area (Å²) in [6.45, 7) is 16.7. The third-order valence-corrected chi connectivity index (χ3v) is 4.11. The molecule has 1 saturated heterocycles. The molecule has 0 spiro atoms. The lowest BCUT2D eigenvalue weighted by Gasteiger charge is -2.31. The Morgan fingerprint density at radius 3 is 2.24 bits per heavy atom. The smallest absolute Gasteiger partial charge is 0.219 e. The highest BCUT2D eigenvalue weighted by molar-refractivity contribution is 5.73. The lowest BCUT2D eigenvalue weighted by molar-refractivity contribution is -0.129. The summed E-state index contributed by atoms with van der Waals surface area (Å²) in [5, 5.41) is 3.39. The summed E-state index contributed by atoms with van der Waals surface area (Å²) in [6, 6.07) is 0. The Bertz CT molecular complexity index is 279. The van der Waals surface area contributed by atoms with Crippen LogP contribution in [-0.4, -0.2) is 86.1 Å². The number of nitrogens with one attached hydrogen (secondary N) is 1. The molecule has 0 atom stereocenters. The van der Waals surface area contributed by atoms with Crippen molar-refractivity contribution < 1.29 is 4.79 Å². The molecule has 0 bridgehead atoms. The summed E-state index contributed by atoms with van der Waals surface area (Å²) in [4.78, 5) is 18.6. The van der Waals surface area contributed by atoms with Crippen LogP contribution in [0.1, 0.15) is 33.6 Å². The molecule has 5 heteroatoms. The van der Waals surface area contributed by atoms with Gasteiger partial charge in [-0.05, 0) is 19.4 Å². The molecular weight excluding hydrogens is 264 g/mol. The highest BCUT2D eigenvalue weighted by Gasteiger charge is 2.13. The summed E-state index contributed by atoms with van der Waals surface area (Å²) in [7, 11) is 0. The first kappa shape index (κ1) is 18.4. The lowest BCUT2D eigenvalue weighted by atomic mass is 10.3. The van der Waals surface area contributed by atoms with Crippen LogP contribution in [0.3, 0.4) is 0 Å². The number of rotatable bonds is 10. The monoisotopic (exact) mass is 298 g/mol. The molecule has 1 rings (SSSR count). The van der Waals surface area contributed by atoms with Crippen LogP contribution in [0.2, 0.25) is 0 Å². The first-order valence-electron chi connectivity index (χ1n) is 8.58. The van der Waals surface area contributed by atoms with Crippen molar-refractivity contribution in [3.63, 3.8) is 0 Å². The largest absolute Gasteiger partial charge is 0.342 e. The minimum atomic E-state index is 0.204. The Morgan fingerprint density at radius 2 is 1.67 bits per heavy atom. The van der Waals surface area contributed by atoms with Crippen LogP contribution in [0.5, 0.6) is 0 Å². The fourth-order valence-corrected chi connectivity index (χ4v) is 2.83. The molecule has 0 saturated carbocycles. The first-order chi connectivity index (χ1) is 10.2. The summed E-state index contributed by atoms with van der Waals surface area (Å²) in [5.41, 5.74) is 0. The topological polar surface area (TPSA) is 38.8 Å². The maximum Gasteiger partial charge on any atom is 0.219 e. The van der Waals surface area contributed by atoms with E-state index in [1.54, 1.807) is 6.92 Å². The zero-order chi connectivity index (χ0) is 15.5. The molecule has 0 aliphatic carbocycles. The van der Waals surface area contributed by atoms with Crippen molar-refractivity contribution in [2.45, 2.75) is 33.6 Å². The van der Waals surface area contributed by atoms with E-state index in [0.717, 1.165) is 71.9 Å². The molecule has 1 aliphatic heterocycles. The number of piperazine rings is 1. The molecule has 124 valence electrons. The van der Waals surface area contributed by atoms with E-state index in [-0.39, 0.29) is 5.91 Å². The van der Waals surface area contributed by atoms with Crippen LogP contribution in [0.15, 0.2) is 0 Å². The molecule has 0 aromatic heterocycles. The van der Waals surface area contributed by atoms with Gasteiger partial charge in [-0.25, -0.2) is 0 Å². The summed E-state index contributed by atoms with van der Waals surface area (Å²) in [5.74, 6) is 0.204. The molecule has 1 N–H and O–H groups in total. The van der Waals surface area contributed by atoms with E-state index < -0.39 is 0 Å². The second-order valence-corrected chi connectivity index (χ2v) is 5.94. The Labute approximate surface area is 130 Å². The van der Waals surface area contributed by atoms with E-state index in [2.05, 4.69) is 29.0 Å². The first-order valence-corrected chi connectivity index (χ1v) is 8.58. The molecule has 0 radical (unpaired) electrons. The zero-order valence-electron chi connectivity index (χ0n) is 14.2. The highest BCUT2D eigenvalue weighted by Crippen LogP contribution is 1.99. The number of nitrogens with zero attached hydrogens (tertiary/aromatic N) is 3. The quantitative estimate of drug-likeness (QED) is 0.649. The molecule has 1 fully saturated rings. The third kappa shape index (κ3) is 7.79. The van der Waals surface area contributed by atoms with Crippen molar-refractivity contribution in [1.82, 2.24) is 20.0 Å². The van der Waals surface area contributed by atoms with Crippen molar-refractivity contribution in [1.29, 1.82) is 0 Å². The van der Waals surface area contributed by atoms with Crippen LogP contribution in [-0.2, 0) is 4.79 Å². The van der Waals surface area contributed by atoms with Crippen LogP contribution >= 0.6 is 0 Å². The molecule has 0 aromatic rings. The van der Waals surface area contributed by atoms with E-state index in [4.69, 9.17) is 0 Å². The SMILES string of the molecule is CCCN(CCN1CCNCC1)CCN(CCC)C(C)=O. The highest BCUT2D eigenvalue weighted by atomic mass is 16.2. The Hall–Kier alpha value is -0.650. The van der Waals surface area contributed by atoms with E-state index in [1.165, 1.54) is 6.42 Å². The number of hydrogen-bond donors (Lipinski definition) is 1. The van der Waals surface area contributed by atoms with Crippen LogP contribution in [0.4, 0.5) is 0 Å². The molecule has 1 amide bonds. The van der Waals surface area contributed by atoms with Gasteiger partial charge in [-0.3, -0.25) is 9.69 Å². The Balaban J connectivity index is 2.31. The van der Waals surface area contributed by atoms with Crippen molar-refractivity contribution in [2.75, 3.05) is 65.4 Å². The zero-order valence-corrected chi connectivity index (χ0v) is 14.2. The maximum absolute atomic E-state index is 11.6. The minimum Gasteiger partial charge on any atom is -0.342 e. The number of carbonyl (C=O) groups excluding carboxylic acids is 1. The van der Waals surface area contributed by atoms with E-state index >= 15 is 0 Å². The van der Waals surface area contributed by atoms with Crippen LogP contribution in [0.25, 0.3) is 0 Å². The predicted octanol–water partition coefficient (Wildman–Crippen LogP) is 0.862. The Morgan fingerprint density at radius 1 is 1.00 bits per heavy atom. The van der Waals surface area contributed by atoms with Crippen molar-refractivity contribution >= 4 is 5.91 Å². The van der Waals surface area contributed by atoms with Gasteiger partial charge in [0.1, 0.15) is 0 Å². The molecular formula is C16H34N4O. The van der Waals surface area contributed by atoms with Gasteiger partial charge in [0.25, 0.3) is 0 Å². The predicted molar refractivity (Wildman–Crippen MR) is 88.6 cm³/mol. The van der Waals surface area contributed by atoms with Crippen molar-refractivity contribution in [2.24, 2.45) is 0 Å². The summed E-state index contributed by atoms with van der Waals surface area (Å²) in [6.07, 6.45) is 2.21.